The molecule has 0 fully saturated rings. The highest BCUT2D eigenvalue weighted by Gasteiger charge is 2.50. The number of rotatable bonds is 8. The first-order valence-electron chi connectivity index (χ1n) is 8.65. The van der Waals surface area contributed by atoms with Crippen LogP contribution in [-0.4, -0.2) is 48.7 Å². The van der Waals surface area contributed by atoms with Crippen molar-refractivity contribution in [1.29, 1.82) is 0 Å². The molecule has 8 heteroatoms. The van der Waals surface area contributed by atoms with Gasteiger partial charge in [-0.2, -0.15) is 0 Å². The van der Waals surface area contributed by atoms with Gasteiger partial charge in [0.15, 0.2) is 0 Å². The Hall–Kier alpha value is -3.03. The van der Waals surface area contributed by atoms with E-state index in [4.69, 9.17) is 14.2 Å². The van der Waals surface area contributed by atoms with E-state index in [1.807, 2.05) is 6.07 Å². The van der Waals surface area contributed by atoms with Gasteiger partial charge in [-0.25, -0.2) is 9.59 Å². The standard InChI is InChI=1S/C19H24N2O6/c1-5-26-17(23)19(21-12(3)22,18(24)27-6-2)10-13-11-20-16-9-14(25-4)7-8-15(13)16/h7-9,11,20H,5-6,10H2,1-4H3,(H,21,22). The van der Waals surface area contributed by atoms with Gasteiger partial charge in [0.2, 0.25) is 11.4 Å². The second kappa shape index (κ2) is 8.57. The lowest BCUT2D eigenvalue weighted by atomic mass is 9.90. The Labute approximate surface area is 157 Å². The lowest BCUT2D eigenvalue weighted by Gasteiger charge is -2.29. The molecule has 0 spiro atoms. The SMILES string of the molecule is CCOC(=O)C(Cc1c[nH]c2cc(OC)ccc12)(NC(C)=O)C(=O)OCC. The van der Waals surface area contributed by atoms with Crippen molar-refractivity contribution in [3.8, 4) is 5.75 Å². The third-order valence-electron chi connectivity index (χ3n) is 4.07. The minimum atomic E-state index is -1.97. The minimum Gasteiger partial charge on any atom is -0.497 e. The molecular weight excluding hydrogens is 352 g/mol. The normalized spacial score (nSPS) is 11.1. The van der Waals surface area contributed by atoms with Crippen LogP contribution < -0.4 is 10.1 Å². The lowest BCUT2D eigenvalue weighted by Crippen LogP contribution is -2.62. The molecule has 146 valence electrons. The highest BCUT2D eigenvalue weighted by molar-refractivity contribution is 6.08. The van der Waals surface area contributed by atoms with Crippen molar-refractivity contribution in [3.63, 3.8) is 0 Å². The molecule has 0 saturated heterocycles. The Kier molecular flexibility index (Phi) is 6.44. The van der Waals surface area contributed by atoms with Crippen molar-refractivity contribution >= 4 is 28.7 Å². The molecular formula is C19H24N2O6. The number of carbonyl (C=O) groups is 3. The van der Waals surface area contributed by atoms with Gasteiger partial charge < -0.3 is 24.5 Å². The Bertz CT molecular complexity index is 824. The largest absolute Gasteiger partial charge is 0.497 e. The van der Waals surface area contributed by atoms with Crippen LogP contribution in [0.25, 0.3) is 10.9 Å². The Morgan fingerprint density at radius 1 is 1.11 bits per heavy atom. The topological polar surface area (TPSA) is 107 Å². The van der Waals surface area contributed by atoms with E-state index < -0.39 is 23.4 Å². The number of benzene rings is 1. The molecule has 2 rings (SSSR count). The maximum Gasteiger partial charge on any atom is 0.344 e. The van der Waals surface area contributed by atoms with Crippen LogP contribution in [0.1, 0.15) is 26.3 Å². The predicted octanol–water partition coefficient (Wildman–Crippen LogP) is 1.72. The zero-order valence-corrected chi connectivity index (χ0v) is 15.9. The molecule has 8 nitrogen and oxygen atoms in total. The summed E-state index contributed by atoms with van der Waals surface area (Å²) in [4.78, 5) is 40.3. The summed E-state index contributed by atoms with van der Waals surface area (Å²) in [5.74, 6) is -1.60. The van der Waals surface area contributed by atoms with E-state index in [1.54, 1.807) is 39.3 Å². The number of hydrogen-bond donors (Lipinski definition) is 2. The van der Waals surface area contributed by atoms with Crippen molar-refractivity contribution < 1.29 is 28.6 Å². The van der Waals surface area contributed by atoms with E-state index in [2.05, 4.69) is 10.3 Å². The molecule has 0 saturated carbocycles. The van der Waals surface area contributed by atoms with Gasteiger partial charge in [0.25, 0.3) is 0 Å². The molecule has 0 bridgehead atoms. The van der Waals surface area contributed by atoms with Crippen LogP contribution in [0.3, 0.4) is 0 Å². The number of ether oxygens (including phenoxy) is 3. The number of fused-ring (bicyclic) bond motifs is 1. The molecule has 0 radical (unpaired) electrons. The zero-order valence-electron chi connectivity index (χ0n) is 15.9. The average molecular weight is 376 g/mol. The van der Waals surface area contributed by atoms with Crippen molar-refractivity contribution in [2.24, 2.45) is 0 Å². The van der Waals surface area contributed by atoms with Crippen LogP contribution in [0.15, 0.2) is 24.4 Å². The van der Waals surface area contributed by atoms with Gasteiger partial charge in [0, 0.05) is 36.5 Å². The van der Waals surface area contributed by atoms with Gasteiger partial charge >= 0.3 is 11.9 Å². The molecule has 1 amide bonds. The first-order chi connectivity index (χ1) is 12.9. The molecule has 0 aliphatic carbocycles. The van der Waals surface area contributed by atoms with Crippen molar-refractivity contribution in [3.05, 3.63) is 30.0 Å². The number of nitrogens with one attached hydrogen (secondary N) is 2. The molecule has 2 N–H and O–H groups in total. The number of H-pyrrole nitrogens is 1. The zero-order chi connectivity index (χ0) is 20.0. The van der Waals surface area contributed by atoms with Crippen molar-refractivity contribution in [2.45, 2.75) is 32.7 Å². The molecule has 27 heavy (non-hydrogen) atoms. The van der Waals surface area contributed by atoms with Crippen LogP contribution in [-0.2, 0) is 30.3 Å². The first-order valence-corrected chi connectivity index (χ1v) is 8.65. The molecule has 0 atom stereocenters. The minimum absolute atomic E-state index is 0.0602. The quantitative estimate of drug-likeness (QED) is 0.537. The second-order valence-corrected chi connectivity index (χ2v) is 5.93. The molecule has 0 unspecified atom stereocenters. The van der Waals surface area contributed by atoms with Gasteiger partial charge in [-0.05, 0) is 31.5 Å². The lowest BCUT2D eigenvalue weighted by molar-refractivity contribution is -0.167. The Morgan fingerprint density at radius 2 is 1.74 bits per heavy atom. The van der Waals surface area contributed by atoms with E-state index in [0.29, 0.717) is 11.3 Å². The monoisotopic (exact) mass is 376 g/mol. The molecule has 1 aromatic heterocycles. The van der Waals surface area contributed by atoms with Gasteiger partial charge in [-0.15, -0.1) is 0 Å². The number of amides is 1. The summed E-state index contributed by atoms with van der Waals surface area (Å²) in [7, 11) is 1.56. The van der Waals surface area contributed by atoms with Gasteiger partial charge in [0.1, 0.15) is 5.75 Å². The van der Waals surface area contributed by atoms with E-state index in [0.717, 1.165) is 10.9 Å². The van der Waals surface area contributed by atoms with Gasteiger partial charge in [-0.3, -0.25) is 4.79 Å². The van der Waals surface area contributed by atoms with Crippen molar-refractivity contribution in [2.75, 3.05) is 20.3 Å². The maximum absolute atomic E-state index is 12.7. The fourth-order valence-corrected chi connectivity index (χ4v) is 2.91. The number of aromatic nitrogens is 1. The van der Waals surface area contributed by atoms with Crippen LogP contribution in [0.4, 0.5) is 0 Å². The highest BCUT2D eigenvalue weighted by atomic mass is 16.6. The van der Waals surface area contributed by atoms with Gasteiger partial charge in [-0.1, -0.05) is 0 Å². The Morgan fingerprint density at radius 3 is 2.26 bits per heavy atom. The summed E-state index contributed by atoms with van der Waals surface area (Å²) < 4.78 is 15.4. The van der Waals surface area contributed by atoms with E-state index in [9.17, 15) is 14.4 Å². The Balaban J connectivity index is 2.53. The number of methoxy groups -OCH3 is 1. The number of hydrogen-bond acceptors (Lipinski definition) is 6. The number of esters is 2. The smallest absolute Gasteiger partial charge is 0.344 e. The number of aromatic amines is 1. The summed E-state index contributed by atoms with van der Waals surface area (Å²) in [6, 6.07) is 5.39. The van der Waals surface area contributed by atoms with Crippen LogP contribution >= 0.6 is 0 Å². The van der Waals surface area contributed by atoms with E-state index >= 15 is 0 Å². The van der Waals surface area contributed by atoms with Gasteiger partial charge in [0.05, 0.1) is 20.3 Å². The molecule has 1 heterocycles. The third-order valence-corrected chi connectivity index (χ3v) is 4.07. The molecule has 1 aromatic carbocycles. The van der Waals surface area contributed by atoms with Crippen LogP contribution in [0, 0.1) is 0 Å². The fraction of sp³-hybridized carbons (Fsp3) is 0.421. The first kappa shape index (κ1) is 20.3. The highest BCUT2D eigenvalue weighted by Crippen LogP contribution is 2.27. The van der Waals surface area contributed by atoms with Crippen LogP contribution in [0.2, 0.25) is 0 Å². The third kappa shape index (κ3) is 4.21. The van der Waals surface area contributed by atoms with Crippen LogP contribution in [0.5, 0.6) is 5.75 Å². The van der Waals surface area contributed by atoms with E-state index in [-0.39, 0.29) is 19.6 Å². The molecule has 0 aliphatic rings. The summed E-state index contributed by atoms with van der Waals surface area (Å²) in [5.41, 5.74) is -0.538. The second-order valence-electron chi connectivity index (χ2n) is 5.93. The fourth-order valence-electron chi connectivity index (χ4n) is 2.91. The molecule has 0 aliphatic heterocycles. The maximum atomic E-state index is 12.7. The summed E-state index contributed by atoms with van der Waals surface area (Å²) in [6.45, 7) is 4.60. The average Bonchev–Trinajstić information content (AvgIpc) is 3.02. The van der Waals surface area contributed by atoms with Crippen molar-refractivity contribution in [1.82, 2.24) is 10.3 Å². The molecule has 2 aromatic rings. The summed E-state index contributed by atoms with van der Waals surface area (Å²) >= 11 is 0. The number of carbonyl (C=O) groups excluding carboxylic acids is 3. The summed E-state index contributed by atoms with van der Waals surface area (Å²) in [5, 5.41) is 3.25. The van der Waals surface area contributed by atoms with E-state index in [1.165, 1.54) is 6.92 Å². The predicted molar refractivity (Wildman–Crippen MR) is 98.4 cm³/mol. The summed E-state index contributed by atoms with van der Waals surface area (Å²) in [6.07, 6.45) is 1.57.